The molecule has 6 heteroatoms. The van der Waals surface area contributed by atoms with Gasteiger partial charge in [-0.2, -0.15) is 0 Å². The van der Waals surface area contributed by atoms with Crippen molar-refractivity contribution in [3.63, 3.8) is 0 Å². The number of pyridine rings is 1. The molecular weight excluding hydrogens is 260 g/mol. The van der Waals surface area contributed by atoms with Gasteiger partial charge in [0.25, 0.3) is 0 Å². The molecule has 0 N–H and O–H groups in total. The second-order valence-electron chi connectivity index (χ2n) is 4.28. The van der Waals surface area contributed by atoms with Crippen LogP contribution in [0.2, 0.25) is 0 Å². The zero-order valence-corrected chi connectivity index (χ0v) is 12.3. The van der Waals surface area contributed by atoms with Gasteiger partial charge in [0.15, 0.2) is 0 Å². The Kier molecular flexibility index (Phi) is 5.96. The largest absolute Gasteiger partial charge is 0.466 e. The standard InChI is InChI=1S/C14H20N2O4/c1-5-19-13(17)8-12-11(14(18)20-6-2)7-10(9-15-12)16(3)4/h7,9H,5-6,8H2,1-4H3. The van der Waals surface area contributed by atoms with Crippen LogP contribution in [0.4, 0.5) is 5.69 Å². The lowest BCUT2D eigenvalue weighted by molar-refractivity contribution is -0.142. The zero-order valence-electron chi connectivity index (χ0n) is 12.3. The van der Waals surface area contributed by atoms with Crippen molar-refractivity contribution in [2.45, 2.75) is 20.3 Å². The second-order valence-corrected chi connectivity index (χ2v) is 4.28. The quantitative estimate of drug-likeness (QED) is 0.734. The molecule has 6 nitrogen and oxygen atoms in total. The molecule has 0 saturated carbocycles. The van der Waals surface area contributed by atoms with Crippen LogP contribution < -0.4 is 4.90 Å². The van der Waals surface area contributed by atoms with Gasteiger partial charge in [0, 0.05) is 14.1 Å². The van der Waals surface area contributed by atoms with Crippen molar-refractivity contribution in [2.24, 2.45) is 0 Å². The maximum Gasteiger partial charge on any atom is 0.340 e. The van der Waals surface area contributed by atoms with E-state index in [1.165, 1.54) is 0 Å². The van der Waals surface area contributed by atoms with E-state index in [2.05, 4.69) is 4.98 Å². The molecule has 1 aromatic rings. The Bertz CT molecular complexity index is 486. The number of nitrogens with zero attached hydrogens (tertiary/aromatic N) is 2. The fourth-order valence-electron chi connectivity index (χ4n) is 1.60. The molecule has 1 aromatic heterocycles. The smallest absolute Gasteiger partial charge is 0.340 e. The number of aromatic nitrogens is 1. The van der Waals surface area contributed by atoms with Gasteiger partial charge in [0.2, 0.25) is 0 Å². The fourth-order valence-corrected chi connectivity index (χ4v) is 1.60. The third-order valence-electron chi connectivity index (χ3n) is 2.58. The maximum atomic E-state index is 11.9. The van der Waals surface area contributed by atoms with E-state index in [-0.39, 0.29) is 13.0 Å². The van der Waals surface area contributed by atoms with E-state index in [4.69, 9.17) is 9.47 Å². The average molecular weight is 280 g/mol. The summed E-state index contributed by atoms with van der Waals surface area (Å²) in [5.74, 6) is -0.897. The normalized spacial score (nSPS) is 10.0. The molecule has 0 amide bonds. The predicted molar refractivity (Wildman–Crippen MR) is 74.9 cm³/mol. The molecule has 0 aliphatic heterocycles. The first-order valence-electron chi connectivity index (χ1n) is 6.48. The van der Waals surface area contributed by atoms with E-state index in [0.717, 1.165) is 5.69 Å². The summed E-state index contributed by atoms with van der Waals surface area (Å²) in [7, 11) is 3.69. The van der Waals surface area contributed by atoms with Gasteiger partial charge in [-0.05, 0) is 19.9 Å². The summed E-state index contributed by atoms with van der Waals surface area (Å²) in [6.45, 7) is 4.02. The first-order chi connectivity index (χ1) is 9.49. The van der Waals surface area contributed by atoms with Crippen LogP contribution >= 0.6 is 0 Å². The van der Waals surface area contributed by atoms with Crippen molar-refractivity contribution in [1.29, 1.82) is 0 Å². The highest BCUT2D eigenvalue weighted by atomic mass is 16.5. The third kappa shape index (κ3) is 4.22. The highest BCUT2D eigenvalue weighted by Gasteiger charge is 2.18. The first kappa shape index (κ1) is 15.9. The van der Waals surface area contributed by atoms with Gasteiger partial charge in [-0.25, -0.2) is 4.79 Å². The molecule has 0 aromatic carbocycles. The molecule has 0 saturated heterocycles. The highest BCUT2D eigenvalue weighted by molar-refractivity contribution is 5.93. The van der Waals surface area contributed by atoms with Gasteiger partial charge in [-0.1, -0.05) is 0 Å². The molecule has 0 spiro atoms. The van der Waals surface area contributed by atoms with Crippen molar-refractivity contribution < 1.29 is 19.1 Å². The molecule has 0 unspecified atom stereocenters. The van der Waals surface area contributed by atoms with Gasteiger partial charge >= 0.3 is 11.9 Å². The van der Waals surface area contributed by atoms with Crippen LogP contribution in [0.5, 0.6) is 0 Å². The van der Waals surface area contributed by atoms with Crippen LogP contribution in [0, 0.1) is 0 Å². The summed E-state index contributed by atoms with van der Waals surface area (Å²) >= 11 is 0. The van der Waals surface area contributed by atoms with Gasteiger partial charge in [-0.3, -0.25) is 9.78 Å². The van der Waals surface area contributed by atoms with E-state index >= 15 is 0 Å². The summed E-state index contributed by atoms with van der Waals surface area (Å²) in [6.07, 6.45) is 1.56. The SMILES string of the molecule is CCOC(=O)Cc1ncc(N(C)C)cc1C(=O)OCC. The molecule has 1 heterocycles. The molecule has 0 aliphatic carbocycles. The Morgan fingerprint density at radius 1 is 1.20 bits per heavy atom. The number of carbonyl (C=O) groups excluding carboxylic acids is 2. The van der Waals surface area contributed by atoms with E-state index < -0.39 is 11.9 Å². The summed E-state index contributed by atoms with van der Waals surface area (Å²) in [5.41, 5.74) is 1.43. The Balaban J connectivity index is 3.08. The molecule has 0 bridgehead atoms. The third-order valence-corrected chi connectivity index (χ3v) is 2.58. The number of carbonyl (C=O) groups is 2. The topological polar surface area (TPSA) is 68.7 Å². The summed E-state index contributed by atoms with van der Waals surface area (Å²) in [5, 5.41) is 0. The van der Waals surface area contributed by atoms with Crippen molar-refractivity contribution in [3.05, 3.63) is 23.5 Å². The first-order valence-corrected chi connectivity index (χ1v) is 6.48. The molecule has 20 heavy (non-hydrogen) atoms. The van der Waals surface area contributed by atoms with Crippen LogP contribution in [-0.4, -0.2) is 44.2 Å². The van der Waals surface area contributed by atoms with Gasteiger partial charge in [0.05, 0.1) is 42.8 Å². The highest BCUT2D eigenvalue weighted by Crippen LogP contribution is 2.17. The second kappa shape index (κ2) is 7.47. The Hall–Kier alpha value is -2.11. The molecule has 1 rings (SSSR count). The van der Waals surface area contributed by atoms with Crippen LogP contribution in [0.15, 0.2) is 12.3 Å². The number of esters is 2. The predicted octanol–water partition coefficient (Wildman–Crippen LogP) is 1.43. The summed E-state index contributed by atoms with van der Waals surface area (Å²) < 4.78 is 9.87. The number of hydrogen-bond acceptors (Lipinski definition) is 6. The van der Waals surface area contributed by atoms with E-state index in [0.29, 0.717) is 17.9 Å². The van der Waals surface area contributed by atoms with Crippen molar-refractivity contribution in [3.8, 4) is 0 Å². The summed E-state index contributed by atoms with van der Waals surface area (Å²) in [4.78, 5) is 29.5. The number of anilines is 1. The zero-order chi connectivity index (χ0) is 15.1. The van der Waals surface area contributed by atoms with E-state index in [9.17, 15) is 9.59 Å². The average Bonchev–Trinajstić information content (AvgIpc) is 2.39. The van der Waals surface area contributed by atoms with Crippen LogP contribution in [0.1, 0.15) is 29.9 Å². The monoisotopic (exact) mass is 280 g/mol. The summed E-state index contributed by atoms with van der Waals surface area (Å²) in [6, 6.07) is 1.67. The van der Waals surface area contributed by atoms with Crippen LogP contribution in [-0.2, 0) is 20.7 Å². The minimum Gasteiger partial charge on any atom is -0.466 e. The van der Waals surface area contributed by atoms with Crippen molar-refractivity contribution >= 4 is 17.6 Å². The number of ether oxygens (including phenoxy) is 2. The van der Waals surface area contributed by atoms with Gasteiger partial charge in [-0.15, -0.1) is 0 Å². The lowest BCUT2D eigenvalue weighted by Crippen LogP contribution is -2.17. The van der Waals surface area contributed by atoms with Crippen molar-refractivity contribution in [2.75, 3.05) is 32.2 Å². The molecule has 0 radical (unpaired) electrons. The van der Waals surface area contributed by atoms with E-state index in [1.54, 1.807) is 26.1 Å². The van der Waals surface area contributed by atoms with E-state index in [1.807, 2.05) is 19.0 Å². The lowest BCUT2D eigenvalue weighted by Gasteiger charge is -2.15. The minimum absolute atomic E-state index is 0.0459. The maximum absolute atomic E-state index is 11.9. The van der Waals surface area contributed by atoms with Gasteiger partial charge < -0.3 is 14.4 Å². The molecule has 0 fully saturated rings. The molecule has 110 valence electrons. The Morgan fingerprint density at radius 2 is 1.85 bits per heavy atom. The number of hydrogen-bond donors (Lipinski definition) is 0. The Morgan fingerprint density at radius 3 is 2.40 bits per heavy atom. The lowest BCUT2D eigenvalue weighted by atomic mass is 10.1. The van der Waals surface area contributed by atoms with Crippen molar-refractivity contribution in [1.82, 2.24) is 4.98 Å². The molecular formula is C14H20N2O4. The molecule has 0 aliphatic rings. The van der Waals surface area contributed by atoms with Crippen LogP contribution in [0.3, 0.4) is 0 Å². The Labute approximate surface area is 118 Å². The van der Waals surface area contributed by atoms with Crippen LogP contribution in [0.25, 0.3) is 0 Å². The number of rotatable bonds is 6. The molecule has 0 atom stereocenters. The minimum atomic E-state index is -0.483. The fraction of sp³-hybridized carbons (Fsp3) is 0.500. The van der Waals surface area contributed by atoms with Gasteiger partial charge in [0.1, 0.15) is 0 Å².